The lowest BCUT2D eigenvalue weighted by Crippen LogP contribution is -2.44. The number of benzene rings is 2. The second-order valence-electron chi connectivity index (χ2n) is 6.50. The van der Waals surface area contributed by atoms with Crippen LogP contribution in [0, 0.1) is 0 Å². The molecule has 1 unspecified atom stereocenters. The van der Waals surface area contributed by atoms with E-state index in [1.807, 2.05) is 18.2 Å². The molecule has 2 aromatic carbocycles. The van der Waals surface area contributed by atoms with E-state index in [0.717, 1.165) is 17.3 Å². The van der Waals surface area contributed by atoms with Gasteiger partial charge in [-0.25, -0.2) is 4.99 Å². The molecule has 9 heteroatoms. The van der Waals surface area contributed by atoms with Gasteiger partial charge in [0.25, 0.3) is 0 Å². The third-order valence-corrected chi connectivity index (χ3v) is 5.97. The Bertz CT molecular complexity index is 964. The van der Waals surface area contributed by atoms with Crippen LogP contribution in [0.15, 0.2) is 47.5 Å². The first-order chi connectivity index (χ1) is 14.4. The SMILES string of the molecule is COc1ccc(CCN2C(=O)CC(C(=O)O)S/C2=N/c2ccc(Cl)cc2)cc1OC. The number of amides is 1. The average Bonchev–Trinajstić information content (AvgIpc) is 2.74. The fourth-order valence-corrected chi connectivity index (χ4v) is 4.14. The number of aliphatic carboxylic acids is 1. The first-order valence-electron chi connectivity index (χ1n) is 9.16. The predicted molar refractivity (Wildman–Crippen MR) is 117 cm³/mol. The van der Waals surface area contributed by atoms with E-state index in [-0.39, 0.29) is 12.3 Å². The van der Waals surface area contributed by atoms with Crippen molar-refractivity contribution in [2.24, 2.45) is 4.99 Å². The molecule has 3 rings (SSSR count). The molecule has 0 spiro atoms. The highest BCUT2D eigenvalue weighted by Gasteiger charge is 2.35. The minimum atomic E-state index is -1.03. The molecule has 7 nitrogen and oxygen atoms in total. The third-order valence-electron chi connectivity index (χ3n) is 4.54. The molecule has 1 aliphatic heterocycles. The van der Waals surface area contributed by atoms with Gasteiger partial charge in [0.15, 0.2) is 16.7 Å². The van der Waals surface area contributed by atoms with Gasteiger partial charge in [-0.05, 0) is 48.4 Å². The van der Waals surface area contributed by atoms with Crippen LogP contribution in [0.3, 0.4) is 0 Å². The lowest BCUT2D eigenvalue weighted by Gasteiger charge is -2.30. The number of amidine groups is 1. The smallest absolute Gasteiger partial charge is 0.317 e. The van der Waals surface area contributed by atoms with Crippen LogP contribution in [-0.4, -0.2) is 53.1 Å². The summed E-state index contributed by atoms with van der Waals surface area (Å²) in [5, 5.41) is 9.46. The minimum absolute atomic E-state index is 0.0778. The van der Waals surface area contributed by atoms with Gasteiger partial charge in [0.2, 0.25) is 5.91 Å². The molecule has 1 fully saturated rings. The van der Waals surface area contributed by atoms with Gasteiger partial charge in [-0.15, -0.1) is 0 Å². The standard InChI is InChI=1S/C21H21ClN2O5S/c1-28-16-8-3-13(11-17(16)29-2)9-10-24-19(25)12-18(20(26)27)30-21(24)23-15-6-4-14(22)5-7-15/h3-8,11,18H,9-10,12H2,1-2H3,(H,26,27)/b23-21+. The van der Waals surface area contributed by atoms with E-state index in [0.29, 0.717) is 40.3 Å². The number of methoxy groups -OCH3 is 2. The van der Waals surface area contributed by atoms with Gasteiger partial charge < -0.3 is 14.6 Å². The Labute approximate surface area is 183 Å². The summed E-state index contributed by atoms with van der Waals surface area (Å²) in [5.74, 6) is -0.0680. The molecule has 1 atom stereocenters. The number of nitrogens with zero attached hydrogens (tertiary/aromatic N) is 2. The molecule has 0 aliphatic carbocycles. The highest BCUT2D eigenvalue weighted by atomic mass is 35.5. The molecule has 158 valence electrons. The molecule has 1 N–H and O–H groups in total. The van der Waals surface area contributed by atoms with Crippen molar-refractivity contribution >= 4 is 46.1 Å². The summed E-state index contributed by atoms with van der Waals surface area (Å²) in [6.45, 7) is 0.361. The van der Waals surface area contributed by atoms with Crippen LogP contribution < -0.4 is 9.47 Å². The number of ether oxygens (including phenoxy) is 2. The minimum Gasteiger partial charge on any atom is -0.493 e. The van der Waals surface area contributed by atoms with Crippen molar-refractivity contribution in [1.29, 1.82) is 0 Å². The Hall–Kier alpha value is -2.71. The maximum atomic E-state index is 12.7. The number of thioether (sulfide) groups is 1. The topological polar surface area (TPSA) is 88.4 Å². The van der Waals surface area contributed by atoms with E-state index >= 15 is 0 Å². The number of carboxylic acid groups (broad SMARTS) is 1. The van der Waals surface area contributed by atoms with Crippen LogP contribution in [0.4, 0.5) is 5.69 Å². The summed E-state index contributed by atoms with van der Waals surface area (Å²) >= 11 is 7.00. The van der Waals surface area contributed by atoms with E-state index < -0.39 is 11.2 Å². The Morgan fingerprint density at radius 1 is 1.20 bits per heavy atom. The van der Waals surface area contributed by atoms with Crippen molar-refractivity contribution in [1.82, 2.24) is 4.90 Å². The van der Waals surface area contributed by atoms with Crippen molar-refractivity contribution in [3.63, 3.8) is 0 Å². The van der Waals surface area contributed by atoms with Crippen LogP contribution >= 0.6 is 23.4 Å². The number of carbonyl (C=O) groups is 2. The number of carboxylic acids is 1. The van der Waals surface area contributed by atoms with Gasteiger partial charge in [0.05, 0.1) is 26.3 Å². The Kier molecular flexibility index (Phi) is 7.23. The molecule has 30 heavy (non-hydrogen) atoms. The number of aliphatic imine (C=N–C) groups is 1. The molecule has 0 saturated carbocycles. The lowest BCUT2D eigenvalue weighted by molar-refractivity contribution is -0.139. The maximum absolute atomic E-state index is 12.7. The van der Waals surface area contributed by atoms with Gasteiger partial charge >= 0.3 is 5.97 Å². The van der Waals surface area contributed by atoms with Gasteiger partial charge in [-0.2, -0.15) is 0 Å². The van der Waals surface area contributed by atoms with Gasteiger partial charge in [-0.3, -0.25) is 14.5 Å². The molecule has 1 saturated heterocycles. The van der Waals surface area contributed by atoms with Crippen molar-refractivity contribution < 1.29 is 24.2 Å². The number of hydrogen-bond acceptors (Lipinski definition) is 6. The zero-order valence-electron chi connectivity index (χ0n) is 16.5. The summed E-state index contributed by atoms with van der Waals surface area (Å²) < 4.78 is 10.6. The van der Waals surface area contributed by atoms with E-state index in [9.17, 15) is 14.7 Å². The summed E-state index contributed by atoms with van der Waals surface area (Å²) in [4.78, 5) is 30.2. The normalized spacial score (nSPS) is 17.8. The van der Waals surface area contributed by atoms with Crippen molar-refractivity contribution in [3.05, 3.63) is 53.1 Å². The van der Waals surface area contributed by atoms with Crippen molar-refractivity contribution in [2.45, 2.75) is 18.1 Å². The van der Waals surface area contributed by atoms with E-state index in [2.05, 4.69) is 4.99 Å². The molecule has 0 aromatic heterocycles. The van der Waals surface area contributed by atoms with Crippen LogP contribution in [0.1, 0.15) is 12.0 Å². The van der Waals surface area contributed by atoms with Gasteiger partial charge in [0, 0.05) is 11.6 Å². The molecule has 1 amide bonds. The number of hydrogen-bond donors (Lipinski definition) is 1. The number of rotatable bonds is 7. The second-order valence-corrected chi connectivity index (χ2v) is 8.11. The quantitative estimate of drug-likeness (QED) is 0.688. The van der Waals surface area contributed by atoms with Gasteiger partial charge in [-0.1, -0.05) is 29.4 Å². The second kappa shape index (κ2) is 9.86. The van der Waals surface area contributed by atoms with E-state index in [4.69, 9.17) is 21.1 Å². The Morgan fingerprint density at radius 2 is 1.90 bits per heavy atom. The number of carbonyl (C=O) groups excluding carboxylic acids is 1. The van der Waals surface area contributed by atoms with Crippen LogP contribution in [0.5, 0.6) is 11.5 Å². The highest BCUT2D eigenvalue weighted by molar-refractivity contribution is 8.15. The monoisotopic (exact) mass is 448 g/mol. The Morgan fingerprint density at radius 3 is 2.53 bits per heavy atom. The molecule has 1 heterocycles. The third kappa shape index (κ3) is 5.25. The largest absolute Gasteiger partial charge is 0.493 e. The Balaban J connectivity index is 1.83. The maximum Gasteiger partial charge on any atom is 0.317 e. The summed E-state index contributed by atoms with van der Waals surface area (Å²) in [5.41, 5.74) is 1.55. The fourth-order valence-electron chi connectivity index (χ4n) is 2.96. The number of halogens is 1. The first-order valence-corrected chi connectivity index (χ1v) is 10.4. The first kappa shape index (κ1) is 22.0. The van der Waals surface area contributed by atoms with Crippen molar-refractivity contribution in [3.8, 4) is 11.5 Å². The molecule has 0 radical (unpaired) electrons. The fraction of sp³-hybridized carbons (Fsp3) is 0.286. The summed E-state index contributed by atoms with van der Waals surface area (Å²) in [6, 6.07) is 12.4. The molecular formula is C21H21ClN2O5S. The average molecular weight is 449 g/mol. The van der Waals surface area contributed by atoms with Crippen LogP contribution in [-0.2, 0) is 16.0 Å². The molecular weight excluding hydrogens is 428 g/mol. The van der Waals surface area contributed by atoms with Crippen molar-refractivity contribution in [2.75, 3.05) is 20.8 Å². The molecule has 1 aliphatic rings. The molecule has 2 aromatic rings. The zero-order valence-corrected chi connectivity index (χ0v) is 18.1. The lowest BCUT2D eigenvalue weighted by atomic mass is 10.1. The summed E-state index contributed by atoms with van der Waals surface area (Å²) in [6.07, 6.45) is 0.468. The zero-order chi connectivity index (χ0) is 21.7. The van der Waals surface area contributed by atoms with Crippen LogP contribution in [0.25, 0.3) is 0 Å². The summed E-state index contributed by atoms with van der Waals surface area (Å²) in [7, 11) is 3.13. The van der Waals surface area contributed by atoms with Crippen LogP contribution in [0.2, 0.25) is 5.02 Å². The predicted octanol–water partition coefficient (Wildman–Crippen LogP) is 4.01. The van der Waals surface area contributed by atoms with Gasteiger partial charge in [0.1, 0.15) is 5.25 Å². The van der Waals surface area contributed by atoms with E-state index in [1.165, 1.54) is 4.90 Å². The van der Waals surface area contributed by atoms with E-state index in [1.54, 1.807) is 38.5 Å². The highest BCUT2D eigenvalue weighted by Crippen LogP contribution is 2.31. The molecule has 0 bridgehead atoms.